The quantitative estimate of drug-likeness (QED) is 0.0234. The molecule has 6 rings (SSSR count). The first-order chi connectivity index (χ1) is 44.0. The van der Waals surface area contributed by atoms with Gasteiger partial charge in [0.05, 0.1) is 63.0 Å². The third-order valence-electron chi connectivity index (χ3n) is 15.8. The SMILES string of the molecule is C/N=C/[C@H]1CC(F)(F)CN1C(=O)CNC(=O)c1ccnc2ccc(OCCCN3CCN(C(=O)[C@H](O)CSCCNC(=O)[C@H](CCCNC(=O)CCCc4ccc(I)cc4)NC(=O)CN4CCN(CC(=O)O)CCN(CC(=O)O)CCN(CC(=O)O)CC4)CC3)cc12. The number of aliphatic hydroxyl groups excluding tert-OH is 1. The van der Waals surface area contributed by atoms with Crippen LogP contribution in [-0.4, -0.2) is 306 Å². The number of pyridine rings is 1. The minimum atomic E-state index is -3.06. The number of carboxylic acids is 3. The molecule has 0 spiro atoms. The molecule has 506 valence electrons. The predicted octanol–water partition coefficient (Wildman–Crippen LogP) is 0.509. The molecular weight excluding hydrogens is 1340 g/mol. The van der Waals surface area contributed by atoms with Gasteiger partial charge < -0.3 is 56.2 Å². The number of rotatable bonds is 33. The lowest BCUT2D eigenvalue weighted by Gasteiger charge is -2.35. The maximum absolute atomic E-state index is 14.1. The van der Waals surface area contributed by atoms with Gasteiger partial charge in [0.25, 0.3) is 17.7 Å². The van der Waals surface area contributed by atoms with E-state index in [4.69, 9.17) is 4.74 Å². The molecule has 3 atom stereocenters. The fourth-order valence-corrected chi connectivity index (χ4v) is 12.1. The number of ether oxygens (including phenoxy) is 1. The molecule has 27 nitrogen and oxygen atoms in total. The number of carboxylic acid groups (broad SMARTS) is 3. The van der Waals surface area contributed by atoms with Gasteiger partial charge in [0, 0.05) is 151 Å². The number of hydrogen-bond acceptors (Lipinski definition) is 19. The number of amides is 6. The van der Waals surface area contributed by atoms with E-state index in [9.17, 15) is 72.4 Å². The van der Waals surface area contributed by atoms with Gasteiger partial charge >= 0.3 is 17.9 Å². The van der Waals surface area contributed by atoms with Gasteiger partial charge in [-0.15, -0.1) is 0 Å². The molecule has 0 bridgehead atoms. The largest absolute Gasteiger partial charge is 0.494 e. The number of carbonyl (C=O) groups is 9. The minimum absolute atomic E-state index is 0.0653. The zero-order valence-electron chi connectivity index (χ0n) is 51.9. The second-order valence-electron chi connectivity index (χ2n) is 22.9. The fourth-order valence-electron chi connectivity index (χ4n) is 10.9. The van der Waals surface area contributed by atoms with Crippen LogP contribution in [0.4, 0.5) is 8.78 Å². The Morgan fingerprint density at radius 1 is 0.750 bits per heavy atom. The number of likely N-dealkylation sites (tertiary alicyclic amines) is 1. The summed E-state index contributed by atoms with van der Waals surface area (Å²) in [5.41, 5.74) is 1.86. The van der Waals surface area contributed by atoms with Gasteiger partial charge in [-0.3, -0.25) is 77.6 Å². The van der Waals surface area contributed by atoms with E-state index in [0.29, 0.717) is 87.4 Å². The minimum Gasteiger partial charge on any atom is -0.494 e. The van der Waals surface area contributed by atoms with E-state index in [-0.39, 0.29) is 115 Å². The van der Waals surface area contributed by atoms with Crippen molar-refractivity contribution in [1.82, 2.24) is 60.6 Å². The third-order valence-corrected chi connectivity index (χ3v) is 17.5. The van der Waals surface area contributed by atoms with Crippen molar-refractivity contribution >= 4 is 105 Å². The van der Waals surface area contributed by atoms with Crippen LogP contribution in [-0.2, 0) is 44.8 Å². The van der Waals surface area contributed by atoms with Gasteiger partial charge in [-0.2, -0.15) is 11.8 Å². The molecule has 0 radical (unpaired) electrons. The zero-order chi connectivity index (χ0) is 66.6. The normalized spacial score (nSPS) is 18.1. The summed E-state index contributed by atoms with van der Waals surface area (Å²) in [4.78, 5) is 135. The summed E-state index contributed by atoms with van der Waals surface area (Å²) in [5.74, 6) is -8.25. The number of aryl methyl sites for hydroxylation is 1. The molecule has 8 N–H and O–H groups in total. The Bertz CT molecular complexity index is 2960. The average Bonchev–Trinajstić information content (AvgIpc) is 1.15. The smallest absolute Gasteiger partial charge is 0.317 e. The van der Waals surface area contributed by atoms with Gasteiger partial charge in [-0.05, 0) is 96.7 Å². The first kappa shape index (κ1) is 74.3. The number of thioether (sulfide) groups is 1. The summed E-state index contributed by atoms with van der Waals surface area (Å²) >= 11 is 3.50. The van der Waals surface area contributed by atoms with Crippen molar-refractivity contribution in [3.05, 3.63) is 69.4 Å². The number of hydrogen-bond donors (Lipinski definition) is 8. The van der Waals surface area contributed by atoms with Gasteiger partial charge in [0.2, 0.25) is 23.6 Å². The Balaban J connectivity index is 0.936. The Kier molecular flexibility index (Phi) is 31.0. The first-order valence-electron chi connectivity index (χ1n) is 30.8. The first-order valence-corrected chi connectivity index (χ1v) is 33.1. The van der Waals surface area contributed by atoms with Gasteiger partial charge in [0.1, 0.15) is 17.9 Å². The molecule has 3 aliphatic heterocycles. The average molecular weight is 1420 g/mol. The van der Waals surface area contributed by atoms with Crippen LogP contribution < -0.4 is 26.0 Å². The molecule has 0 saturated carbocycles. The standard InChI is InChI=1S/C61H86F2IN13O14S/c1-65-35-45-34-61(62,63)42-77(45)54(81)36-69-58(88)47-14-16-66-49-13-12-46(33-48(47)49)91-31-4-18-71-27-29-76(30-28-71)60(90)51(78)41-92-32-17-68-59(89)50(6-3-15-67-52(79)7-2-5-43-8-10-44(64)11-9-43)70-53(80)37-72-19-21-73(38-55(82)83)23-25-75(40-57(86)87)26-24-74(22-20-72)39-56(84)85/h8-14,16,33,35,45,50-51,78H,2-7,15,17-32,34,36-42H2,1H3,(H,67,79)(H,68,89)(H,69,88)(H,70,80)(H,82,83)(H,84,85)(H,86,87)/b65-35+/t45-,50+,51-/m1/s1. The topological polar surface area (TPSA) is 340 Å². The van der Waals surface area contributed by atoms with Gasteiger partial charge in [-0.25, -0.2) is 8.78 Å². The Morgan fingerprint density at radius 2 is 1.36 bits per heavy atom. The lowest BCUT2D eigenvalue weighted by atomic mass is 10.1. The number of fused-ring (bicyclic) bond motifs is 1. The second-order valence-corrected chi connectivity index (χ2v) is 25.3. The Morgan fingerprint density at radius 3 is 1.97 bits per heavy atom. The third kappa shape index (κ3) is 26.3. The fraction of sp³-hybridized carbons (Fsp3) is 0.590. The van der Waals surface area contributed by atoms with E-state index in [1.807, 2.05) is 24.3 Å². The van der Waals surface area contributed by atoms with Crippen molar-refractivity contribution in [2.45, 2.75) is 69.1 Å². The number of alkyl halides is 2. The van der Waals surface area contributed by atoms with E-state index < -0.39 is 91.1 Å². The van der Waals surface area contributed by atoms with Crippen LogP contribution in [0.15, 0.2) is 59.7 Å². The summed E-state index contributed by atoms with van der Waals surface area (Å²) in [6.07, 6.45) is 3.72. The molecule has 3 aromatic rings. The second kappa shape index (κ2) is 38.4. The molecule has 3 saturated heterocycles. The van der Waals surface area contributed by atoms with E-state index >= 15 is 0 Å². The van der Waals surface area contributed by atoms with E-state index in [1.165, 1.54) is 37.3 Å². The number of aliphatic hydroxyl groups is 1. The molecule has 92 heavy (non-hydrogen) atoms. The van der Waals surface area contributed by atoms with Crippen LogP contribution in [0, 0.1) is 3.57 Å². The lowest BCUT2D eigenvalue weighted by Crippen LogP contribution is -2.52. The van der Waals surface area contributed by atoms with Crippen LogP contribution in [0.2, 0.25) is 0 Å². The highest BCUT2D eigenvalue weighted by atomic mass is 127. The molecule has 1 aromatic heterocycles. The van der Waals surface area contributed by atoms with Crippen molar-refractivity contribution in [2.75, 3.05) is 163 Å². The van der Waals surface area contributed by atoms with E-state index in [0.717, 1.165) is 20.5 Å². The van der Waals surface area contributed by atoms with Crippen molar-refractivity contribution < 1.29 is 77.1 Å². The van der Waals surface area contributed by atoms with Crippen LogP contribution in [0.25, 0.3) is 10.9 Å². The molecule has 2 aromatic carbocycles. The van der Waals surface area contributed by atoms with Crippen molar-refractivity contribution in [3.63, 3.8) is 0 Å². The summed E-state index contributed by atoms with van der Waals surface area (Å²) < 4.78 is 35.4. The molecule has 4 heterocycles. The monoisotopic (exact) mass is 1420 g/mol. The van der Waals surface area contributed by atoms with Gasteiger partial charge in [0.15, 0.2) is 0 Å². The van der Waals surface area contributed by atoms with Crippen LogP contribution >= 0.6 is 34.4 Å². The molecule has 0 unspecified atom stereocenters. The summed E-state index contributed by atoms with van der Waals surface area (Å²) in [6, 6.07) is 12.8. The van der Waals surface area contributed by atoms with E-state index in [1.54, 1.807) is 42.7 Å². The molecule has 0 aliphatic carbocycles. The van der Waals surface area contributed by atoms with Crippen molar-refractivity contribution in [3.8, 4) is 5.75 Å². The van der Waals surface area contributed by atoms with Crippen molar-refractivity contribution in [1.29, 1.82) is 0 Å². The number of benzene rings is 2. The van der Waals surface area contributed by atoms with Crippen LogP contribution in [0.1, 0.15) is 54.4 Å². The van der Waals surface area contributed by atoms with Crippen LogP contribution in [0.5, 0.6) is 5.75 Å². The van der Waals surface area contributed by atoms with Gasteiger partial charge in [-0.1, -0.05) is 12.1 Å². The summed E-state index contributed by atoms with van der Waals surface area (Å²) in [7, 11) is 1.44. The number of aliphatic imine (C=N–C) groups is 1. The predicted molar refractivity (Wildman–Crippen MR) is 348 cm³/mol. The lowest BCUT2D eigenvalue weighted by molar-refractivity contribution is -0.141. The maximum atomic E-state index is 14.1. The highest BCUT2D eigenvalue weighted by Crippen LogP contribution is 2.31. The summed E-state index contributed by atoms with van der Waals surface area (Å²) in [6.45, 7) is 2.42. The highest BCUT2D eigenvalue weighted by molar-refractivity contribution is 14.1. The number of nitrogens with zero attached hydrogens (tertiary/aromatic N) is 9. The van der Waals surface area contributed by atoms with E-state index in [2.05, 4.69) is 58.7 Å². The number of nitrogens with one attached hydrogen (secondary N) is 4. The van der Waals surface area contributed by atoms with Crippen LogP contribution in [0.3, 0.4) is 0 Å². The Hall–Kier alpha value is -6.75. The summed E-state index contributed by atoms with van der Waals surface area (Å²) in [5, 5.41) is 51.4. The Labute approximate surface area is 551 Å². The molecule has 6 amide bonds. The molecule has 31 heteroatoms. The zero-order valence-corrected chi connectivity index (χ0v) is 54.8. The van der Waals surface area contributed by atoms with Crippen molar-refractivity contribution in [2.24, 2.45) is 4.99 Å². The number of aromatic nitrogens is 1. The number of aliphatic carboxylic acids is 3. The molecular formula is C61H86F2IN13O14S. The number of piperazine rings is 1. The molecule has 3 aliphatic rings. The maximum Gasteiger partial charge on any atom is 0.317 e. The highest BCUT2D eigenvalue weighted by Gasteiger charge is 2.46. The number of carbonyl (C=O) groups excluding carboxylic acids is 6. The number of halogens is 3. The molecule has 3 fully saturated rings.